The number of nitrogens with zero attached hydrogens (tertiary/aromatic N) is 2. The molecule has 1 aliphatic rings. The lowest BCUT2D eigenvalue weighted by molar-refractivity contribution is 0.0276. The summed E-state index contributed by atoms with van der Waals surface area (Å²) in [5, 5.41) is 12.3. The average molecular weight is 299 g/mol. The second-order valence-electron chi connectivity index (χ2n) is 7.22. The molecule has 1 rings (SSSR count). The molecule has 1 heterocycles. The predicted molar refractivity (Wildman–Crippen MR) is 83.6 cm³/mol. The summed E-state index contributed by atoms with van der Waals surface area (Å²) in [5.74, 6) is 0.804. The normalized spacial score (nSPS) is 16.5. The second-order valence-corrected chi connectivity index (χ2v) is 7.22. The number of aliphatic hydroxyl groups excluding tert-OH is 1. The fraction of sp³-hybridized carbons (Fsp3) is 0.867. The molecule has 1 amide bonds. The summed E-state index contributed by atoms with van der Waals surface area (Å²) < 4.78 is 5.38. The van der Waals surface area contributed by atoms with Crippen molar-refractivity contribution in [2.24, 2.45) is 10.4 Å². The van der Waals surface area contributed by atoms with Crippen molar-refractivity contribution in [3.63, 3.8) is 0 Å². The minimum Gasteiger partial charge on any atom is -0.444 e. The summed E-state index contributed by atoms with van der Waals surface area (Å²) in [6.45, 7) is 12.3. The molecule has 0 spiro atoms. The molecule has 0 aliphatic carbocycles. The quantitative estimate of drug-likeness (QED) is 0.827. The number of carbonyl (C=O) groups is 1. The van der Waals surface area contributed by atoms with Crippen LogP contribution in [-0.2, 0) is 4.74 Å². The van der Waals surface area contributed by atoms with Crippen molar-refractivity contribution in [1.82, 2.24) is 10.2 Å². The highest BCUT2D eigenvalue weighted by molar-refractivity contribution is 5.87. The average Bonchev–Trinajstić information content (AvgIpc) is 2.35. The molecule has 0 fully saturated rings. The van der Waals surface area contributed by atoms with E-state index >= 15 is 0 Å². The second kappa shape index (κ2) is 7.11. The molecule has 0 aromatic carbocycles. The number of amidine groups is 1. The van der Waals surface area contributed by atoms with Gasteiger partial charge in [0.05, 0.1) is 13.1 Å². The van der Waals surface area contributed by atoms with Gasteiger partial charge in [-0.3, -0.25) is 9.89 Å². The number of carbonyl (C=O) groups excluding carboxylic acids is 1. The summed E-state index contributed by atoms with van der Waals surface area (Å²) in [6.07, 6.45) is 0.426. The van der Waals surface area contributed by atoms with Crippen molar-refractivity contribution in [3.05, 3.63) is 0 Å². The maximum absolute atomic E-state index is 12.1. The van der Waals surface area contributed by atoms with Crippen LogP contribution in [0.2, 0.25) is 0 Å². The van der Waals surface area contributed by atoms with Gasteiger partial charge in [-0.15, -0.1) is 0 Å². The van der Waals surface area contributed by atoms with E-state index in [4.69, 9.17) is 9.84 Å². The summed E-state index contributed by atoms with van der Waals surface area (Å²) in [7, 11) is 0. The summed E-state index contributed by atoms with van der Waals surface area (Å²) in [4.78, 5) is 18.1. The molecular formula is C15H29N3O3. The van der Waals surface area contributed by atoms with Crippen molar-refractivity contribution in [3.8, 4) is 0 Å². The van der Waals surface area contributed by atoms with Crippen molar-refractivity contribution in [2.45, 2.75) is 46.6 Å². The first-order valence-electron chi connectivity index (χ1n) is 7.49. The molecule has 0 unspecified atom stereocenters. The lowest BCUT2D eigenvalue weighted by Crippen LogP contribution is -2.48. The Morgan fingerprint density at radius 3 is 2.62 bits per heavy atom. The monoisotopic (exact) mass is 299 g/mol. The number of hydrogen-bond acceptors (Lipinski definition) is 5. The van der Waals surface area contributed by atoms with Crippen LogP contribution in [0.3, 0.4) is 0 Å². The zero-order valence-electron chi connectivity index (χ0n) is 13.9. The van der Waals surface area contributed by atoms with Gasteiger partial charge in [0.25, 0.3) is 0 Å². The third kappa shape index (κ3) is 6.80. The van der Waals surface area contributed by atoms with Crippen LogP contribution in [0.25, 0.3) is 0 Å². The molecule has 0 radical (unpaired) electrons. The third-order valence-electron chi connectivity index (χ3n) is 3.22. The SMILES string of the molecule is CC(C)(CCO)CNC1=NCCN(C(=O)OC(C)(C)C)C1. The van der Waals surface area contributed by atoms with Crippen molar-refractivity contribution >= 4 is 11.9 Å². The van der Waals surface area contributed by atoms with Gasteiger partial charge >= 0.3 is 6.09 Å². The molecule has 6 heteroatoms. The van der Waals surface area contributed by atoms with Crippen molar-refractivity contribution in [2.75, 3.05) is 32.8 Å². The molecule has 0 bridgehead atoms. The molecule has 0 aromatic heterocycles. The molecular weight excluding hydrogens is 270 g/mol. The highest BCUT2D eigenvalue weighted by atomic mass is 16.6. The predicted octanol–water partition coefficient (Wildman–Crippen LogP) is 1.63. The highest BCUT2D eigenvalue weighted by Crippen LogP contribution is 2.18. The maximum Gasteiger partial charge on any atom is 0.410 e. The Kier molecular flexibility index (Phi) is 6.01. The van der Waals surface area contributed by atoms with E-state index in [2.05, 4.69) is 24.2 Å². The first-order chi connectivity index (χ1) is 9.63. The van der Waals surface area contributed by atoms with Gasteiger partial charge in [-0.25, -0.2) is 4.79 Å². The number of hydrogen-bond donors (Lipinski definition) is 2. The Labute approximate surface area is 127 Å². The van der Waals surface area contributed by atoms with Crippen LogP contribution in [0.1, 0.15) is 41.0 Å². The minimum absolute atomic E-state index is 0.00847. The van der Waals surface area contributed by atoms with Gasteiger partial charge in [0.2, 0.25) is 0 Å². The highest BCUT2D eigenvalue weighted by Gasteiger charge is 2.26. The van der Waals surface area contributed by atoms with Crippen LogP contribution in [0.4, 0.5) is 4.79 Å². The van der Waals surface area contributed by atoms with E-state index < -0.39 is 5.60 Å². The zero-order valence-corrected chi connectivity index (χ0v) is 13.9. The van der Waals surface area contributed by atoms with E-state index in [-0.39, 0.29) is 18.1 Å². The van der Waals surface area contributed by atoms with E-state index in [1.807, 2.05) is 20.8 Å². The molecule has 0 saturated heterocycles. The lowest BCUT2D eigenvalue weighted by Gasteiger charge is -2.31. The van der Waals surface area contributed by atoms with Gasteiger partial charge < -0.3 is 15.2 Å². The third-order valence-corrected chi connectivity index (χ3v) is 3.22. The molecule has 1 aliphatic heterocycles. The van der Waals surface area contributed by atoms with Gasteiger partial charge in [0.1, 0.15) is 11.4 Å². The molecule has 0 saturated carbocycles. The van der Waals surface area contributed by atoms with Crippen LogP contribution in [0, 0.1) is 5.41 Å². The fourth-order valence-corrected chi connectivity index (χ4v) is 1.94. The van der Waals surface area contributed by atoms with Gasteiger partial charge in [-0.05, 0) is 32.6 Å². The van der Waals surface area contributed by atoms with Crippen LogP contribution in [-0.4, -0.2) is 60.3 Å². The zero-order chi connectivity index (χ0) is 16.1. The summed E-state index contributed by atoms with van der Waals surface area (Å²) >= 11 is 0. The van der Waals surface area contributed by atoms with Crippen LogP contribution in [0.5, 0.6) is 0 Å². The Hall–Kier alpha value is -1.30. The van der Waals surface area contributed by atoms with Gasteiger partial charge in [-0.1, -0.05) is 13.8 Å². The maximum atomic E-state index is 12.1. The Morgan fingerprint density at radius 2 is 2.05 bits per heavy atom. The Morgan fingerprint density at radius 1 is 1.38 bits per heavy atom. The van der Waals surface area contributed by atoms with Gasteiger partial charge in [-0.2, -0.15) is 0 Å². The molecule has 122 valence electrons. The smallest absolute Gasteiger partial charge is 0.410 e. The molecule has 21 heavy (non-hydrogen) atoms. The summed E-state index contributed by atoms with van der Waals surface area (Å²) in [5.41, 5.74) is -0.492. The number of nitrogens with one attached hydrogen (secondary N) is 1. The number of aliphatic imine (C=N–C) groups is 1. The van der Waals surface area contributed by atoms with Crippen molar-refractivity contribution in [1.29, 1.82) is 0 Å². The Balaban J connectivity index is 2.49. The van der Waals surface area contributed by atoms with E-state index in [1.54, 1.807) is 4.90 Å². The first kappa shape index (κ1) is 17.8. The molecule has 6 nitrogen and oxygen atoms in total. The first-order valence-corrected chi connectivity index (χ1v) is 7.49. The minimum atomic E-state index is -0.484. The fourth-order valence-electron chi connectivity index (χ4n) is 1.94. The largest absolute Gasteiger partial charge is 0.444 e. The number of ether oxygens (including phenoxy) is 1. The Bertz CT molecular complexity index is 386. The number of rotatable bonds is 4. The van der Waals surface area contributed by atoms with E-state index in [0.717, 1.165) is 12.3 Å². The molecule has 0 aromatic rings. The number of aliphatic hydroxyl groups is 1. The lowest BCUT2D eigenvalue weighted by atomic mass is 9.90. The van der Waals surface area contributed by atoms with Crippen LogP contribution < -0.4 is 5.32 Å². The topological polar surface area (TPSA) is 74.2 Å². The van der Waals surface area contributed by atoms with E-state index in [9.17, 15) is 4.79 Å². The van der Waals surface area contributed by atoms with Gasteiger partial charge in [0, 0.05) is 19.7 Å². The van der Waals surface area contributed by atoms with Crippen LogP contribution in [0.15, 0.2) is 4.99 Å². The van der Waals surface area contributed by atoms with E-state index in [1.165, 1.54) is 0 Å². The summed E-state index contributed by atoms with van der Waals surface area (Å²) in [6, 6.07) is 0. The van der Waals surface area contributed by atoms with Crippen LogP contribution >= 0.6 is 0 Å². The number of amides is 1. The standard InChI is InChI=1S/C15H29N3O3/c1-14(2,3)21-13(20)18-8-7-16-12(10-18)17-11-15(4,5)6-9-19/h19H,6-11H2,1-5H3,(H,16,17). The molecule has 2 N–H and O–H groups in total. The van der Waals surface area contributed by atoms with Crippen molar-refractivity contribution < 1.29 is 14.6 Å². The van der Waals surface area contributed by atoms with E-state index in [0.29, 0.717) is 26.2 Å². The molecule has 0 atom stereocenters. The van der Waals surface area contributed by atoms with Gasteiger partial charge in [0.15, 0.2) is 0 Å².